The molecule has 0 saturated heterocycles. The number of hydrogen-bond acceptors (Lipinski definition) is 6. The van der Waals surface area contributed by atoms with Gasteiger partial charge in [-0.2, -0.15) is 5.48 Å². The summed E-state index contributed by atoms with van der Waals surface area (Å²) < 4.78 is 0. The van der Waals surface area contributed by atoms with Crippen molar-refractivity contribution in [2.45, 2.75) is 13.5 Å². The zero-order chi connectivity index (χ0) is 14.3. The molecule has 0 unspecified atom stereocenters. The molecule has 0 aliphatic heterocycles. The molecule has 100 valence electrons. The maximum absolute atomic E-state index is 10.7. The summed E-state index contributed by atoms with van der Waals surface area (Å²) in [6, 6.07) is 3.35. The van der Waals surface area contributed by atoms with E-state index in [1.54, 1.807) is 6.92 Å². The summed E-state index contributed by atoms with van der Waals surface area (Å²) in [6.45, 7) is 1.94. The molecule has 0 bridgehead atoms. The normalized spacial score (nSPS) is 9.53. The molecule has 0 aliphatic carbocycles. The lowest BCUT2D eigenvalue weighted by atomic mass is 10.2. The van der Waals surface area contributed by atoms with Crippen molar-refractivity contribution in [3.05, 3.63) is 44.0 Å². The molecular weight excluding hydrogens is 254 g/mol. The fourth-order valence-corrected chi connectivity index (χ4v) is 1.26. The molecule has 0 aromatic heterocycles. The Morgan fingerprint density at radius 2 is 1.79 bits per heavy atom. The maximum Gasteiger partial charge on any atom is 0.276 e. The van der Waals surface area contributed by atoms with E-state index >= 15 is 0 Å². The fourth-order valence-electron chi connectivity index (χ4n) is 1.26. The van der Waals surface area contributed by atoms with Gasteiger partial charge >= 0.3 is 0 Å². The summed E-state index contributed by atoms with van der Waals surface area (Å²) in [7, 11) is 0. The second-order valence-corrected chi connectivity index (χ2v) is 3.41. The van der Waals surface area contributed by atoms with Crippen molar-refractivity contribution in [1.82, 2.24) is 5.48 Å². The van der Waals surface area contributed by atoms with E-state index in [2.05, 4.69) is 17.3 Å². The van der Waals surface area contributed by atoms with Gasteiger partial charge in [0.25, 0.3) is 11.4 Å². The Morgan fingerprint density at radius 1 is 1.21 bits per heavy atom. The van der Waals surface area contributed by atoms with Crippen molar-refractivity contribution >= 4 is 11.4 Å². The smallest absolute Gasteiger partial charge is 0.276 e. The first kappa shape index (κ1) is 14.6. The number of hydroxylamine groups is 1. The highest BCUT2D eigenvalue weighted by atomic mass is 16.6. The number of nitro groups is 2. The van der Waals surface area contributed by atoms with Crippen LogP contribution in [-0.4, -0.2) is 16.4 Å². The molecule has 8 nitrogen and oxygen atoms in total. The van der Waals surface area contributed by atoms with E-state index in [9.17, 15) is 20.2 Å². The second-order valence-electron chi connectivity index (χ2n) is 3.41. The van der Waals surface area contributed by atoms with E-state index in [-0.39, 0.29) is 18.0 Å². The van der Waals surface area contributed by atoms with Crippen molar-refractivity contribution < 1.29 is 14.7 Å². The first-order valence-corrected chi connectivity index (χ1v) is 5.21. The van der Waals surface area contributed by atoms with Crippen LogP contribution in [0.2, 0.25) is 0 Å². The Labute approximate surface area is 108 Å². The molecule has 1 rings (SSSR count). The number of nitro benzene ring substituents is 2. The first-order chi connectivity index (χ1) is 9.04. The van der Waals surface area contributed by atoms with Crippen LogP contribution in [0.4, 0.5) is 11.4 Å². The topological polar surface area (TPSA) is 108 Å². The van der Waals surface area contributed by atoms with Crippen LogP contribution in [0.3, 0.4) is 0 Å². The monoisotopic (exact) mass is 265 g/mol. The molecule has 0 spiro atoms. The number of hydrogen-bond donors (Lipinski definition) is 1. The standard InChI is InChI=1S/C11H11N3O5/c1-2-3-4-12-19-8-9-5-10(13(15)16)7-11(6-9)14(17)18/h5-7,12H,4,8H2,1H3. The Morgan fingerprint density at radius 3 is 2.26 bits per heavy atom. The minimum atomic E-state index is -0.688. The zero-order valence-electron chi connectivity index (χ0n) is 10.1. The molecular formula is C11H11N3O5. The van der Waals surface area contributed by atoms with E-state index in [0.29, 0.717) is 12.1 Å². The molecule has 19 heavy (non-hydrogen) atoms. The SMILES string of the molecule is CC#CCNOCc1cc([N+](=O)[O-])cc([N+](=O)[O-])c1. The molecule has 0 fully saturated rings. The quantitative estimate of drug-likeness (QED) is 0.362. The number of benzene rings is 1. The molecule has 0 atom stereocenters. The minimum Gasteiger partial charge on any atom is -0.296 e. The predicted molar refractivity (Wildman–Crippen MR) is 66.0 cm³/mol. The fraction of sp³-hybridized carbons (Fsp3) is 0.273. The summed E-state index contributed by atoms with van der Waals surface area (Å²) >= 11 is 0. The van der Waals surface area contributed by atoms with Crippen molar-refractivity contribution in [3.8, 4) is 11.8 Å². The van der Waals surface area contributed by atoms with E-state index in [1.165, 1.54) is 12.1 Å². The molecule has 8 heteroatoms. The predicted octanol–water partition coefficient (Wildman–Crippen LogP) is 1.55. The summed E-state index contributed by atoms with van der Waals surface area (Å²) in [5.74, 6) is 5.33. The molecule has 0 saturated carbocycles. The lowest BCUT2D eigenvalue weighted by Crippen LogP contribution is -2.14. The molecule has 0 radical (unpaired) electrons. The highest BCUT2D eigenvalue weighted by molar-refractivity contribution is 5.46. The van der Waals surface area contributed by atoms with Crippen LogP contribution in [0.1, 0.15) is 12.5 Å². The van der Waals surface area contributed by atoms with Gasteiger partial charge in [-0.1, -0.05) is 5.92 Å². The summed E-state index contributed by atoms with van der Waals surface area (Å²) in [4.78, 5) is 24.9. The zero-order valence-corrected chi connectivity index (χ0v) is 10.1. The third-order valence-electron chi connectivity index (χ3n) is 2.06. The Kier molecular flexibility index (Phi) is 5.40. The van der Waals surface area contributed by atoms with Crippen LogP contribution in [0.15, 0.2) is 18.2 Å². The van der Waals surface area contributed by atoms with Gasteiger partial charge in [-0.05, 0) is 12.5 Å². The number of nitrogens with one attached hydrogen (secondary N) is 1. The van der Waals surface area contributed by atoms with Crippen LogP contribution in [0.25, 0.3) is 0 Å². The van der Waals surface area contributed by atoms with Gasteiger partial charge < -0.3 is 0 Å². The lowest BCUT2D eigenvalue weighted by molar-refractivity contribution is -0.394. The van der Waals surface area contributed by atoms with Crippen molar-refractivity contribution in [3.63, 3.8) is 0 Å². The minimum absolute atomic E-state index is 0.0338. The van der Waals surface area contributed by atoms with Crippen molar-refractivity contribution in [2.75, 3.05) is 6.54 Å². The summed E-state index contributed by atoms with van der Waals surface area (Å²) in [5, 5.41) is 21.3. The number of non-ortho nitro benzene ring substituents is 2. The summed E-state index contributed by atoms with van der Waals surface area (Å²) in [6.07, 6.45) is 0. The Hall–Kier alpha value is -2.50. The first-order valence-electron chi connectivity index (χ1n) is 5.21. The molecule has 0 aliphatic rings. The second kappa shape index (κ2) is 7.05. The van der Waals surface area contributed by atoms with Crippen LogP contribution in [-0.2, 0) is 11.4 Å². The van der Waals surface area contributed by atoms with Gasteiger partial charge in [0.1, 0.15) is 0 Å². The van der Waals surface area contributed by atoms with Gasteiger partial charge in [0.2, 0.25) is 0 Å². The van der Waals surface area contributed by atoms with E-state index in [4.69, 9.17) is 4.84 Å². The van der Waals surface area contributed by atoms with Crippen LogP contribution < -0.4 is 5.48 Å². The van der Waals surface area contributed by atoms with Gasteiger partial charge in [-0.25, -0.2) is 0 Å². The third kappa shape index (κ3) is 4.71. The van der Waals surface area contributed by atoms with Crippen LogP contribution >= 0.6 is 0 Å². The number of rotatable bonds is 6. The highest BCUT2D eigenvalue weighted by Gasteiger charge is 2.16. The van der Waals surface area contributed by atoms with Crippen molar-refractivity contribution in [2.24, 2.45) is 0 Å². The van der Waals surface area contributed by atoms with Crippen LogP contribution in [0, 0.1) is 32.1 Å². The summed E-state index contributed by atoms with van der Waals surface area (Å²) in [5.41, 5.74) is 2.16. The molecule has 1 aromatic carbocycles. The molecule has 1 N–H and O–H groups in total. The van der Waals surface area contributed by atoms with Crippen LogP contribution in [0.5, 0.6) is 0 Å². The largest absolute Gasteiger partial charge is 0.296 e. The molecule has 1 aromatic rings. The maximum atomic E-state index is 10.7. The van der Waals surface area contributed by atoms with Gasteiger partial charge in [0, 0.05) is 12.1 Å². The van der Waals surface area contributed by atoms with E-state index < -0.39 is 9.85 Å². The highest BCUT2D eigenvalue weighted by Crippen LogP contribution is 2.22. The third-order valence-corrected chi connectivity index (χ3v) is 2.06. The van der Waals surface area contributed by atoms with E-state index in [1.807, 2.05) is 0 Å². The van der Waals surface area contributed by atoms with Gasteiger partial charge in [-0.15, -0.1) is 5.92 Å². The average Bonchev–Trinajstić information content (AvgIpc) is 2.38. The Balaban J connectivity index is 2.78. The van der Waals surface area contributed by atoms with Gasteiger partial charge in [0.15, 0.2) is 0 Å². The average molecular weight is 265 g/mol. The Bertz CT molecular complexity index is 515. The van der Waals surface area contributed by atoms with Crippen molar-refractivity contribution in [1.29, 1.82) is 0 Å². The molecule has 0 amide bonds. The number of nitrogens with zero attached hydrogens (tertiary/aromatic N) is 2. The lowest BCUT2D eigenvalue weighted by Gasteiger charge is -2.03. The van der Waals surface area contributed by atoms with E-state index in [0.717, 1.165) is 6.07 Å². The molecule has 0 heterocycles. The van der Waals surface area contributed by atoms with Gasteiger partial charge in [0.05, 0.1) is 29.1 Å². The van der Waals surface area contributed by atoms with Gasteiger partial charge in [-0.3, -0.25) is 25.1 Å².